The lowest BCUT2D eigenvalue weighted by Gasteiger charge is -2.12. The molecule has 0 unspecified atom stereocenters. The lowest BCUT2D eigenvalue weighted by Crippen LogP contribution is -3.00. The summed E-state index contributed by atoms with van der Waals surface area (Å²) >= 11 is 1.71. The van der Waals surface area contributed by atoms with Gasteiger partial charge < -0.3 is 23.9 Å². The molecule has 72 valence electrons. The molecule has 0 amide bonds. The van der Waals surface area contributed by atoms with E-state index < -0.39 is 0 Å². The topological polar surface area (TPSA) is 68.8 Å². The van der Waals surface area contributed by atoms with E-state index in [1.807, 2.05) is 4.57 Å². The summed E-state index contributed by atoms with van der Waals surface area (Å²) in [5, 5.41) is 0.943. The number of aromatic nitrogens is 2. The second kappa shape index (κ2) is 4.02. The van der Waals surface area contributed by atoms with Crippen molar-refractivity contribution >= 4 is 23.4 Å². The Morgan fingerprint density at radius 1 is 1.46 bits per heavy atom. The molecule has 6 heteroatoms. The van der Waals surface area contributed by atoms with Crippen LogP contribution in [0.25, 0.3) is 0 Å². The first-order valence-electron chi connectivity index (χ1n) is 3.86. The van der Waals surface area contributed by atoms with Crippen molar-refractivity contribution in [1.82, 2.24) is 4.98 Å². The van der Waals surface area contributed by atoms with Crippen molar-refractivity contribution in [3.63, 3.8) is 0 Å². The first kappa shape index (κ1) is 10.4. The number of hydrogen-bond acceptors (Lipinski definition) is 4. The molecular weight excluding hydrogens is 208 g/mol. The highest BCUT2D eigenvalue weighted by Crippen LogP contribution is 2.19. The van der Waals surface area contributed by atoms with E-state index in [1.165, 1.54) is 0 Å². The van der Waals surface area contributed by atoms with Crippen molar-refractivity contribution in [3.05, 3.63) is 6.07 Å². The van der Waals surface area contributed by atoms with Gasteiger partial charge in [0.05, 0.1) is 12.6 Å². The Bertz CT molecular complexity index is 318. The Kier molecular flexibility index (Phi) is 3.22. The smallest absolute Gasteiger partial charge is 0.300 e. The van der Waals surface area contributed by atoms with Gasteiger partial charge in [-0.3, -0.25) is 0 Å². The molecule has 1 aliphatic rings. The van der Waals surface area contributed by atoms with Crippen LogP contribution in [0.5, 0.6) is 0 Å². The van der Waals surface area contributed by atoms with Crippen LogP contribution >= 0.6 is 11.8 Å². The normalized spacial score (nSPS) is 14.5. The molecule has 0 radical (unpaired) electrons. The van der Waals surface area contributed by atoms with Crippen LogP contribution in [0.4, 0.5) is 11.6 Å². The number of nitrogens with zero attached hydrogens (tertiary/aromatic N) is 2. The molecule has 0 aliphatic carbocycles. The Labute approximate surface area is 87.1 Å². The number of nitrogens with two attached hydrogens (primary N) is 2. The number of halogens is 1. The number of hydrogen-bond donors (Lipinski definition) is 2. The molecule has 4 nitrogen and oxygen atoms in total. The van der Waals surface area contributed by atoms with Gasteiger partial charge in [-0.05, 0) is 6.42 Å². The SMILES string of the molecule is Nc1cc(N)[n+]2c(n1)SCCC2.[Cl-]. The Morgan fingerprint density at radius 3 is 3.00 bits per heavy atom. The van der Waals surface area contributed by atoms with Gasteiger partial charge in [0.15, 0.2) is 0 Å². The summed E-state index contributed by atoms with van der Waals surface area (Å²) in [6.07, 6.45) is 1.15. The largest absolute Gasteiger partial charge is 1.00 e. The molecule has 0 aromatic carbocycles. The van der Waals surface area contributed by atoms with Gasteiger partial charge in [-0.1, -0.05) is 16.7 Å². The Hall–Kier alpha value is -0.680. The van der Waals surface area contributed by atoms with E-state index in [0.29, 0.717) is 11.6 Å². The van der Waals surface area contributed by atoms with E-state index in [0.717, 1.165) is 23.9 Å². The predicted octanol–water partition coefficient (Wildman–Crippen LogP) is -2.97. The van der Waals surface area contributed by atoms with Crippen LogP contribution in [0.15, 0.2) is 11.2 Å². The summed E-state index contributed by atoms with van der Waals surface area (Å²) in [6.45, 7) is 0.960. The molecule has 0 atom stereocenters. The zero-order chi connectivity index (χ0) is 8.55. The van der Waals surface area contributed by atoms with Crippen LogP contribution in [0.2, 0.25) is 0 Å². The van der Waals surface area contributed by atoms with Crippen LogP contribution < -0.4 is 28.4 Å². The second-order valence-electron chi connectivity index (χ2n) is 2.74. The fraction of sp³-hybridized carbons (Fsp3) is 0.429. The average molecular weight is 219 g/mol. The molecule has 1 aromatic rings. The van der Waals surface area contributed by atoms with Crippen LogP contribution in [0.1, 0.15) is 6.42 Å². The van der Waals surface area contributed by atoms with Crippen LogP contribution in [0.3, 0.4) is 0 Å². The summed E-state index contributed by atoms with van der Waals surface area (Å²) < 4.78 is 2.00. The maximum Gasteiger partial charge on any atom is 0.300 e. The Morgan fingerprint density at radius 2 is 2.23 bits per heavy atom. The van der Waals surface area contributed by atoms with Crippen LogP contribution in [-0.4, -0.2) is 10.7 Å². The standard InChI is InChI=1S/C7H10N4S.ClH/c8-5-4-6(9)11-2-1-3-12-7(11)10-5;/h4H,1-3H2,(H3,8,9);1H. The number of thioether (sulfide) groups is 1. The summed E-state index contributed by atoms with van der Waals surface area (Å²) in [5.74, 6) is 2.33. The van der Waals surface area contributed by atoms with E-state index in [9.17, 15) is 0 Å². The van der Waals surface area contributed by atoms with Crippen molar-refractivity contribution in [2.75, 3.05) is 17.2 Å². The fourth-order valence-corrected chi connectivity index (χ4v) is 2.24. The molecular formula is C7H11ClN4S. The summed E-state index contributed by atoms with van der Waals surface area (Å²) in [6, 6.07) is 1.70. The fourth-order valence-electron chi connectivity index (χ4n) is 1.26. The zero-order valence-electron chi connectivity index (χ0n) is 7.03. The Balaban J connectivity index is 0.000000845. The van der Waals surface area contributed by atoms with E-state index >= 15 is 0 Å². The molecule has 4 N–H and O–H groups in total. The number of anilines is 2. The number of fused-ring (bicyclic) bond motifs is 1. The summed E-state index contributed by atoms with van der Waals surface area (Å²) in [5.41, 5.74) is 11.3. The first-order valence-corrected chi connectivity index (χ1v) is 4.84. The third-order valence-electron chi connectivity index (χ3n) is 1.82. The minimum Gasteiger partial charge on any atom is -1.00 e. The highest BCUT2D eigenvalue weighted by molar-refractivity contribution is 7.99. The molecule has 1 aromatic heterocycles. The van der Waals surface area contributed by atoms with Gasteiger partial charge in [-0.2, -0.15) is 0 Å². The van der Waals surface area contributed by atoms with E-state index in [-0.39, 0.29) is 12.4 Å². The van der Waals surface area contributed by atoms with Crippen molar-refractivity contribution in [2.24, 2.45) is 0 Å². The molecule has 0 bridgehead atoms. The van der Waals surface area contributed by atoms with Crippen molar-refractivity contribution in [3.8, 4) is 0 Å². The van der Waals surface area contributed by atoms with Gasteiger partial charge in [0.1, 0.15) is 0 Å². The molecule has 0 fully saturated rings. The van der Waals surface area contributed by atoms with Crippen molar-refractivity contribution in [2.45, 2.75) is 18.1 Å². The number of rotatable bonds is 0. The molecule has 0 spiro atoms. The van der Waals surface area contributed by atoms with E-state index in [1.54, 1.807) is 17.8 Å². The maximum atomic E-state index is 5.77. The van der Waals surface area contributed by atoms with Gasteiger partial charge in [-0.15, -0.1) is 0 Å². The summed E-state index contributed by atoms with van der Waals surface area (Å²) in [7, 11) is 0. The van der Waals surface area contributed by atoms with Crippen molar-refractivity contribution in [1.29, 1.82) is 0 Å². The minimum atomic E-state index is 0. The van der Waals surface area contributed by atoms with Gasteiger partial charge >= 0.3 is 5.16 Å². The first-order chi connectivity index (χ1) is 5.77. The van der Waals surface area contributed by atoms with Crippen LogP contribution in [0, 0.1) is 0 Å². The lowest BCUT2D eigenvalue weighted by atomic mass is 10.4. The predicted molar refractivity (Wildman–Crippen MR) is 48.6 cm³/mol. The van der Waals surface area contributed by atoms with Crippen molar-refractivity contribution < 1.29 is 17.0 Å². The molecule has 2 rings (SSSR count). The van der Waals surface area contributed by atoms with Gasteiger partial charge in [0, 0.05) is 5.75 Å². The highest BCUT2D eigenvalue weighted by atomic mass is 35.5. The number of nitrogen functional groups attached to an aromatic ring is 2. The van der Waals surface area contributed by atoms with Gasteiger partial charge in [0.25, 0.3) is 0 Å². The summed E-state index contributed by atoms with van der Waals surface area (Å²) in [4.78, 5) is 4.20. The van der Waals surface area contributed by atoms with E-state index in [4.69, 9.17) is 11.5 Å². The van der Waals surface area contributed by atoms with Gasteiger partial charge in [0.2, 0.25) is 11.6 Å². The van der Waals surface area contributed by atoms with E-state index in [2.05, 4.69) is 4.98 Å². The van der Waals surface area contributed by atoms with Gasteiger partial charge in [-0.25, -0.2) is 4.57 Å². The third kappa shape index (κ3) is 1.97. The molecule has 13 heavy (non-hydrogen) atoms. The molecule has 2 heterocycles. The monoisotopic (exact) mass is 218 g/mol. The zero-order valence-corrected chi connectivity index (χ0v) is 8.61. The quantitative estimate of drug-likeness (QED) is 0.361. The van der Waals surface area contributed by atoms with Crippen LogP contribution in [-0.2, 0) is 6.54 Å². The average Bonchev–Trinajstić information content (AvgIpc) is 2.04. The maximum absolute atomic E-state index is 5.77. The third-order valence-corrected chi connectivity index (χ3v) is 2.88. The molecule has 1 aliphatic heterocycles. The lowest BCUT2D eigenvalue weighted by molar-refractivity contribution is -0.724. The highest BCUT2D eigenvalue weighted by Gasteiger charge is 2.19. The minimum absolute atomic E-state index is 0. The molecule has 0 saturated carbocycles. The molecule has 0 saturated heterocycles. The second-order valence-corrected chi connectivity index (χ2v) is 3.80.